The maximum absolute atomic E-state index is 4.86. The SMILES string of the molecule is Cc1c(C2CCNCC2)nc2cnc3ccccc3n12. The molecule has 0 bridgehead atoms. The van der Waals surface area contributed by atoms with Gasteiger partial charge in [-0.15, -0.1) is 0 Å². The zero-order chi connectivity index (χ0) is 13.5. The van der Waals surface area contributed by atoms with Gasteiger partial charge in [0.2, 0.25) is 0 Å². The highest BCUT2D eigenvalue weighted by atomic mass is 15.1. The van der Waals surface area contributed by atoms with Gasteiger partial charge in [0.1, 0.15) is 0 Å². The number of hydrogen-bond donors (Lipinski definition) is 1. The summed E-state index contributed by atoms with van der Waals surface area (Å²) >= 11 is 0. The maximum Gasteiger partial charge on any atom is 0.156 e. The van der Waals surface area contributed by atoms with E-state index in [4.69, 9.17) is 4.98 Å². The summed E-state index contributed by atoms with van der Waals surface area (Å²) in [5.74, 6) is 0.579. The third kappa shape index (κ3) is 1.72. The number of hydrogen-bond acceptors (Lipinski definition) is 3. The van der Waals surface area contributed by atoms with E-state index in [1.54, 1.807) is 0 Å². The molecule has 1 saturated heterocycles. The largest absolute Gasteiger partial charge is 0.317 e. The molecular weight excluding hydrogens is 248 g/mol. The lowest BCUT2D eigenvalue weighted by atomic mass is 9.93. The van der Waals surface area contributed by atoms with Crippen molar-refractivity contribution in [3.05, 3.63) is 41.9 Å². The molecule has 3 aromatic rings. The van der Waals surface area contributed by atoms with Gasteiger partial charge in [-0.1, -0.05) is 12.1 Å². The van der Waals surface area contributed by atoms with Gasteiger partial charge < -0.3 is 5.32 Å². The number of benzene rings is 1. The first kappa shape index (κ1) is 11.9. The Balaban J connectivity index is 1.95. The summed E-state index contributed by atoms with van der Waals surface area (Å²) in [6, 6.07) is 8.27. The smallest absolute Gasteiger partial charge is 0.156 e. The lowest BCUT2D eigenvalue weighted by Crippen LogP contribution is -2.27. The Bertz CT molecular complexity index is 769. The topological polar surface area (TPSA) is 42.2 Å². The van der Waals surface area contributed by atoms with Crippen LogP contribution >= 0.6 is 0 Å². The minimum atomic E-state index is 0.579. The molecule has 0 amide bonds. The summed E-state index contributed by atoms with van der Waals surface area (Å²) in [5, 5.41) is 3.42. The summed E-state index contributed by atoms with van der Waals surface area (Å²) < 4.78 is 2.25. The van der Waals surface area contributed by atoms with Gasteiger partial charge in [-0.3, -0.25) is 9.38 Å². The first-order chi connectivity index (χ1) is 9.84. The average molecular weight is 266 g/mol. The van der Waals surface area contributed by atoms with Gasteiger partial charge in [0.05, 0.1) is 22.9 Å². The predicted octanol–water partition coefficient (Wildman–Crippen LogP) is 2.66. The Hall–Kier alpha value is -1.94. The highest BCUT2D eigenvalue weighted by Crippen LogP contribution is 2.29. The number of fused-ring (bicyclic) bond motifs is 3. The van der Waals surface area contributed by atoms with Crippen molar-refractivity contribution in [3.63, 3.8) is 0 Å². The first-order valence-corrected chi connectivity index (χ1v) is 7.28. The third-order valence-electron chi connectivity index (χ3n) is 4.34. The Morgan fingerprint density at radius 1 is 1.20 bits per heavy atom. The average Bonchev–Trinajstić information content (AvgIpc) is 2.86. The fraction of sp³-hybridized carbons (Fsp3) is 0.375. The van der Waals surface area contributed by atoms with Crippen LogP contribution in [0.25, 0.3) is 16.7 Å². The molecule has 2 aromatic heterocycles. The number of rotatable bonds is 1. The van der Waals surface area contributed by atoms with E-state index in [9.17, 15) is 0 Å². The van der Waals surface area contributed by atoms with Gasteiger partial charge in [-0.2, -0.15) is 0 Å². The van der Waals surface area contributed by atoms with Crippen LogP contribution in [-0.2, 0) is 0 Å². The van der Waals surface area contributed by atoms with Gasteiger partial charge in [-0.05, 0) is 45.0 Å². The molecule has 0 atom stereocenters. The van der Waals surface area contributed by atoms with E-state index in [-0.39, 0.29) is 0 Å². The van der Waals surface area contributed by atoms with Gasteiger partial charge in [0.15, 0.2) is 5.65 Å². The number of para-hydroxylation sites is 2. The van der Waals surface area contributed by atoms with Crippen molar-refractivity contribution in [2.24, 2.45) is 0 Å². The molecule has 0 spiro atoms. The minimum Gasteiger partial charge on any atom is -0.317 e. The van der Waals surface area contributed by atoms with Crippen LogP contribution in [0.4, 0.5) is 0 Å². The Morgan fingerprint density at radius 3 is 2.85 bits per heavy atom. The Kier molecular flexibility index (Phi) is 2.70. The fourth-order valence-electron chi connectivity index (χ4n) is 3.30. The van der Waals surface area contributed by atoms with Crippen molar-refractivity contribution in [2.75, 3.05) is 13.1 Å². The first-order valence-electron chi connectivity index (χ1n) is 7.28. The van der Waals surface area contributed by atoms with Crippen molar-refractivity contribution in [1.82, 2.24) is 19.7 Å². The zero-order valence-electron chi connectivity index (χ0n) is 11.6. The predicted molar refractivity (Wildman–Crippen MR) is 80.1 cm³/mol. The molecule has 1 fully saturated rings. The number of aromatic nitrogens is 3. The van der Waals surface area contributed by atoms with Crippen molar-refractivity contribution in [1.29, 1.82) is 0 Å². The van der Waals surface area contributed by atoms with E-state index in [1.165, 1.54) is 24.2 Å². The number of aryl methyl sites for hydroxylation is 1. The number of nitrogens with zero attached hydrogens (tertiary/aromatic N) is 3. The number of imidazole rings is 1. The van der Waals surface area contributed by atoms with Crippen LogP contribution in [0.15, 0.2) is 30.5 Å². The van der Waals surface area contributed by atoms with E-state index in [0.29, 0.717) is 5.92 Å². The molecule has 1 aliphatic heterocycles. The molecule has 0 saturated carbocycles. The Labute approximate surface area is 117 Å². The molecule has 4 nitrogen and oxygen atoms in total. The molecular formula is C16H18N4. The van der Waals surface area contributed by atoms with Crippen molar-refractivity contribution in [3.8, 4) is 0 Å². The molecule has 102 valence electrons. The highest BCUT2D eigenvalue weighted by Gasteiger charge is 2.21. The monoisotopic (exact) mass is 266 g/mol. The molecule has 4 heteroatoms. The second-order valence-electron chi connectivity index (χ2n) is 5.55. The van der Waals surface area contributed by atoms with Crippen molar-refractivity contribution in [2.45, 2.75) is 25.7 Å². The van der Waals surface area contributed by atoms with Crippen molar-refractivity contribution < 1.29 is 0 Å². The summed E-state index contributed by atoms with van der Waals surface area (Å²) in [5.41, 5.74) is 5.66. The molecule has 1 aliphatic rings. The molecule has 20 heavy (non-hydrogen) atoms. The van der Waals surface area contributed by atoms with E-state index < -0.39 is 0 Å². The molecule has 3 heterocycles. The highest BCUT2D eigenvalue weighted by molar-refractivity contribution is 5.77. The molecule has 1 N–H and O–H groups in total. The minimum absolute atomic E-state index is 0.579. The summed E-state index contributed by atoms with van der Waals surface area (Å²) in [4.78, 5) is 9.37. The van der Waals surface area contributed by atoms with Crippen molar-refractivity contribution >= 4 is 16.7 Å². The molecule has 4 rings (SSSR count). The van der Waals surface area contributed by atoms with Gasteiger partial charge in [0, 0.05) is 11.6 Å². The molecule has 0 aliphatic carbocycles. The Morgan fingerprint density at radius 2 is 2.00 bits per heavy atom. The number of piperidine rings is 1. The molecule has 0 unspecified atom stereocenters. The number of nitrogens with one attached hydrogen (secondary N) is 1. The molecule has 1 aromatic carbocycles. The van der Waals surface area contributed by atoms with E-state index in [2.05, 4.69) is 39.8 Å². The lowest BCUT2D eigenvalue weighted by Gasteiger charge is -2.21. The van der Waals surface area contributed by atoms with E-state index in [1.807, 2.05) is 12.3 Å². The second kappa shape index (κ2) is 4.56. The van der Waals surface area contributed by atoms with E-state index in [0.717, 1.165) is 29.8 Å². The van der Waals surface area contributed by atoms with Crippen LogP contribution in [-0.4, -0.2) is 27.5 Å². The lowest BCUT2D eigenvalue weighted by molar-refractivity contribution is 0.453. The van der Waals surface area contributed by atoms with Crippen LogP contribution in [0.1, 0.15) is 30.1 Å². The summed E-state index contributed by atoms with van der Waals surface area (Å²) in [6.07, 6.45) is 4.24. The summed E-state index contributed by atoms with van der Waals surface area (Å²) in [6.45, 7) is 4.37. The van der Waals surface area contributed by atoms with Crippen LogP contribution in [0.5, 0.6) is 0 Å². The summed E-state index contributed by atoms with van der Waals surface area (Å²) in [7, 11) is 0. The van der Waals surface area contributed by atoms with Crippen LogP contribution in [0, 0.1) is 6.92 Å². The van der Waals surface area contributed by atoms with Crippen LogP contribution < -0.4 is 5.32 Å². The maximum atomic E-state index is 4.86. The fourth-order valence-corrected chi connectivity index (χ4v) is 3.30. The standard InChI is InChI=1S/C16H18N4/c1-11-16(12-6-8-17-9-7-12)19-15-10-18-13-4-2-3-5-14(13)20(11)15/h2-5,10,12,17H,6-9H2,1H3. The second-order valence-corrected chi connectivity index (χ2v) is 5.55. The van der Waals surface area contributed by atoms with E-state index >= 15 is 0 Å². The third-order valence-corrected chi connectivity index (χ3v) is 4.34. The van der Waals surface area contributed by atoms with Crippen LogP contribution in [0.3, 0.4) is 0 Å². The van der Waals surface area contributed by atoms with Gasteiger partial charge in [0.25, 0.3) is 0 Å². The molecule has 0 radical (unpaired) electrons. The quantitative estimate of drug-likeness (QED) is 0.736. The van der Waals surface area contributed by atoms with Gasteiger partial charge in [-0.25, -0.2) is 4.98 Å². The van der Waals surface area contributed by atoms with Crippen LogP contribution in [0.2, 0.25) is 0 Å². The normalized spacial score (nSPS) is 17.1. The van der Waals surface area contributed by atoms with Gasteiger partial charge >= 0.3 is 0 Å². The zero-order valence-corrected chi connectivity index (χ0v) is 11.6.